The van der Waals surface area contributed by atoms with Crippen molar-refractivity contribution in [2.24, 2.45) is 5.92 Å². The highest BCUT2D eigenvalue weighted by molar-refractivity contribution is 7.85. The van der Waals surface area contributed by atoms with Crippen molar-refractivity contribution in [2.45, 2.75) is 43.4 Å². The van der Waals surface area contributed by atoms with E-state index in [0.29, 0.717) is 4.90 Å². The van der Waals surface area contributed by atoms with Gasteiger partial charge in [-0.25, -0.2) is 4.39 Å². The smallest absolute Gasteiger partial charge is 0.124 e. The van der Waals surface area contributed by atoms with Crippen LogP contribution < -0.4 is 5.32 Å². The zero-order chi connectivity index (χ0) is 13.3. The minimum atomic E-state index is -1.11. The van der Waals surface area contributed by atoms with Gasteiger partial charge in [0.1, 0.15) is 5.82 Å². The molecule has 1 heterocycles. The number of benzene rings is 1. The Bertz CT molecular complexity index is 463. The molecule has 0 bridgehead atoms. The second kappa shape index (κ2) is 5.49. The van der Waals surface area contributed by atoms with E-state index in [0.717, 1.165) is 18.5 Å². The molecule has 1 aromatic rings. The summed E-state index contributed by atoms with van der Waals surface area (Å²) in [4.78, 5) is 0.661. The van der Waals surface area contributed by atoms with E-state index in [4.69, 9.17) is 0 Å². The molecule has 1 aliphatic rings. The number of hydrogen-bond donors (Lipinski definition) is 1. The number of halogens is 1. The van der Waals surface area contributed by atoms with E-state index in [2.05, 4.69) is 19.2 Å². The van der Waals surface area contributed by atoms with Crippen LogP contribution >= 0.6 is 0 Å². The predicted molar refractivity (Wildman–Crippen MR) is 72.5 cm³/mol. The summed E-state index contributed by atoms with van der Waals surface area (Å²) in [5.41, 5.74) is 0.994. The fourth-order valence-corrected chi connectivity index (χ4v) is 4.09. The first-order chi connectivity index (χ1) is 8.56. The standard InChI is InChI=1S/C14H20FNOS/c1-4-7-16-14-9(2)10(3)18(17)13-8-11(15)5-6-12(13)14/h5-6,8-10,14,16H,4,7H2,1-3H3. The van der Waals surface area contributed by atoms with E-state index in [9.17, 15) is 8.60 Å². The summed E-state index contributed by atoms with van der Waals surface area (Å²) < 4.78 is 25.6. The van der Waals surface area contributed by atoms with E-state index >= 15 is 0 Å². The molecule has 0 aromatic heterocycles. The van der Waals surface area contributed by atoms with Gasteiger partial charge >= 0.3 is 0 Å². The van der Waals surface area contributed by atoms with Crippen molar-refractivity contribution in [3.05, 3.63) is 29.6 Å². The average Bonchev–Trinajstić information content (AvgIpc) is 2.37. The van der Waals surface area contributed by atoms with Crippen LogP contribution in [0.2, 0.25) is 0 Å². The van der Waals surface area contributed by atoms with Crippen molar-refractivity contribution < 1.29 is 8.60 Å². The summed E-state index contributed by atoms with van der Waals surface area (Å²) >= 11 is 0. The molecular formula is C14H20FNOS. The number of rotatable bonds is 3. The van der Waals surface area contributed by atoms with Crippen molar-refractivity contribution in [1.29, 1.82) is 0 Å². The van der Waals surface area contributed by atoms with Crippen molar-refractivity contribution in [1.82, 2.24) is 5.32 Å². The second-order valence-electron chi connectivity index (χ2n) is 4.98. The van der Waals surface area contributed by atoms with Crippen LogP contribution in [0.15, 0.2) is 23.1 Å². The molecular weight excluding hydrogens is 249 g/mol. The van der Waals surface area contributed by atoms with Crippen molar-refractivity contribution in [3.63, 3.8) is 0 Å². The van der Waals surface area contributed by atoms with E-state index in [1.807, 2.05) is 6.92 Å². The Morgan fingerprint density at radius 1 is 1.39 bits per heavy atom. The molecule has 1 aromatic carbocycles. The molecule has 0 saturated carbocycles. The lowest BCUT2D eigenvalue weighted by atomic mass is 9.91. The van der Waals surface area contributed by atoms with Gasteiger partial charge in [-0.3, -0.25) is 4.21 Å². The van der Waals surface area contributed by atoms with Gasteiger partial charge in [-0.1, -0.05) is 26.8 Å². The van der Waals surface area contributed by atoms with E-state index < -0.39 is 10.8 Å². The lowest BCUT2D eigenvalue weighted by Crippen LogP contribution is -2.39. The van der Waals surface area contributed by atoms with Crippen LogP contribution in [-0.2, 0) is 10.8 Å². The van der Waals surface area contributed by atoms with Crippen molar-refractivity contribution >= 4 is 10.8 Å². The summed E-state index contributed by atoms with van der Waals surface area (Å²) in [6.07, 6.45) is 1.05. The summed E-state index contributed by atoms with van der Waals surface area (Å²) in [5.74, 6) is -0.0200. The molecule has 4 unspecified atom stereocenters. The first-order valence-corrected chi connectivity index (χ1v) is 7.71. The Balaban J connectivity index is 2.43. The van der Waals surface area contributed by atoms with Crippen LogP contribution in [0.1, 0.15) is 38.8 Å². The molecule has 100 valence electrons. The Labute approximate surface area is 110 Å². The van der Waals surface area contributed by atoms with Gasteiger partial charge in [0.25, 0.3) is 0 Å². The Kier molecular flexibility index (Phi) is 4.17. The van der Waals surface area contributed by atoms with Crippen molar-refractivity contribution in [3.8, 4) is 0 Å². The molecule has 2 nitrogen and oxygen atoms in total. The number of nitrogens with one attached hydrogen (secondary N) is 1. The van der Waals surface area contributed by atoms with Gasteiger partial charge in [0.2, 0.25) is 0 Å². The Hall–Kier alpha value is -0.740. The first-order valence-electron chi connectivity index (χ1n) is 6.49. The molecule has 0 amide bonds. The van der Waals surface area contributed by atoms with E-state index in [1.165, 1.54) is 12.1 Å². The van der Waals surface area contributed by atoms with Crippen LogP contribution in [-0.4, -0.2) is 16.0 Å². The number of fused-ring (bicyclic) bond motifs is 1. The van der Waals surface area contributed by atoms with Gasteiger partial charge < -0.3 is 5.32 Å². The van der Waals surface area contributed by atoms with Crippen LogP contribution in [0.4, 0.5) is 4.39 Å². The lowest BCUT2D eigenvalue weighted by Gasteiger charge is -2.36. The van der Waals surface area contributed by atoms with Crippen LogP contribution in [0.3, 0.4) is 0 Å². The molecule has 18 heavy (non-hydrogen) atoms. The van der Waals surface area contributed by atoms with E-state index in [-0.39, 0.29) is 23.0 Å². The van der Waals surface area contributed by atoms with Crippen LogP contribution in [0.5, 0.6) is 0 Å². The highest BCUT2D eigenvalue weighted by atomic mass is 32.2. The highest BCUT2D eigenvalue weighted by Gasteiger charge is 2.36. The maximum Gasteiger partial charge on any atom is 0.124 e. The minimum absolute atomic E-state index is 0.0497. The molecule has 2 rings (SSSR count). The molecule has 1 aliphatic heterocycles. The van der Waals surface area contributed by atoms with Crippen LogP contribution in [0, 0.1) is 11.7 Å². The maximum absolute atomic E-state index is 13.3. The largest absolute Gasteiger partial charge is 0.310 e. The number of hydrogen-bond acceptors (Lipinski definition) is 2. The van der Waals surface area contributed by atoms with Crippen molar-refractivity contribution in [2.75, 3.05) is 6.54 Å². The Morgan fingerprint density at radius 2 is 2.11 bits per heavy atom. The minimum Gasteiger partial charge on any atom is -0.310 e. The third-order valence-electron chi connectivity index (χ3n) is 3.75. The summed E-state index contributed by atoms with van der Waals surface area (Å²) in [6, 6.07) is 4.83. The van der Waals surface area contributed by atoms with Crippen LogP contribution in [0.25, 0.3) is 0 Å². The summed E-state index contributed by atoms with van der Waals surface area (Å²) in [5, 5.41) is 3.54. The molecule has 4 atom stereocenters. The predicted octanol–water partition coefficient (Wildman–Crippen LogP) is 3.01. The third kappa shape index (κ3) is 2.36. The van der Waals surface area contributed by atoms with Gasteiger partial charge in [0, 0.05) is 16.2 Å². The third-order valence-corrected chi connectivity index (χ3v) is 5.64. The fourth-order valence-electron chi connectivity index (χ4n) is 2.48. The quantitative estimate of drug-likeness (QED) is 0.914. The summed E-state index contributed by atoms with van der Waals surface area (Å²) in [7, 11) is -1.11. The summed E-state index contributed by atoms with van der Waals surface area (Å²) in [6.45, 7) is 7.14. The lowest BCUT2D eigenvalue weighted by molar-refractivity contribution is 0.366. The molecule has 4 heteroatoms. The fraction of sp³-hybridized carbons (Fsp3) is 0.571. The molecule has 0 aliphatic carbocycles. The molecule has 0 saturated heterocycles. The van der Waals surface area contributed by atoms with Gasteiger partial charge in [-0.15, -0.1) is 0 Å². The highest BCUT2D eigenvalue weighted by Crippen LogP contribution is 2.38. The van der Waals surface area contributed by atoms with Gasteiger partial charge in [-0.2, -0.15) is 0 Å². The Morgan fingerprint density at radius 3 is 2.78 bits per heavy atom. The topological polar surface area (TPSA) is 29.1 Å². The molecule has 0 spiro atoms. The van der Waals surface area contributed by atoms with Gasteiger partial charge in [0.05, 0.1) is 10.8 Å². The van der Waals surface area contributed by atoms with Gasteiger partial charge in [0.15, 0.2) is 0 Å². The first kappa shape index (κ1) is 13.7. The zero-order valence-corrected chi connectivity index (χ0v) is 11.9. The second-order valence-corrected chi connectivity index (χ2v) is 6.75. The monoisotopic (exact) mass is 269 g/mol. The molecule has 0 radical (unpaired) electrons. The normalized spacial score (nSPS) is 31.1. The SMILES string of the molecule is CCCNC1c2ccc(F)cc2S(=O)C(C)C1C. The average molecular weight is 269 g/mol. The van der Waals surface area contributed by atoms with Gasteiger partial charge in [-0.05, 0) is 36.6 Å². The van der Waals surface area contributed by atoms with E-state index in [1.54, 1.807) is 6.07 Å². The maximum atomic E-state index is 13.3. The molecule has 1 N–H and O–H groups in total. The molecule has 0 fully saturated rings. The zero-order valence-electron chi connectivity index (χ0n) is 11.1.